The molecule has 1 heterocycles. The first kappa shape index (κ1) is 10.1. The smallest absolute Gasteiger partial charge is 0.123 e. The van der Waals surface area contributed by atoms with Crippen LogP contribution < -0.4 is 11.1 Å². The number of hydrogen-bond donors (Lipinski definition) is 2. The molecule has 15 heavy (non-hydrogen) atoms. The van der Waals surface area contributed by atoms with Gasteiger partial charge in [-0.3, -0.25) is 0 Å². The van der Waals surface area contributed by atoms with E-state index in [1.807, 2.05) is 37.5 Å². The SMILES string of the molecule is CNCc1cnc(-c2ccc(N)cc2)s1. The lowest BCUT2D eigenvalue weighted by Gasteiger charge is -1.96. The lowest BCUT2D eigenvalue weighted by Crippen LogP contribution is -2.02. The molecular formula is C11H13N3S. The fourth-order valence-electron chi connectivity index (χ4n) is 1.32. The number of anilines is 1. The number of nitrogen functional groups attached to an aromatic ring is 1. The Balaban J connectivity index is 2.25. The monoisotopic (exact) mass is 219 g/mol. The Labute approximate surface area is 93.0 Å². The van der Waals surface area contributed by atoms with Crippen molar-refractivity contribution in [3.63, 3.8) is 0 Å². The van der Waals surface area contributed by atoms with E-state index in [0.29, 0.717) is 0 Å². The van der Waals surface area contributed by atoms with Crippen molar-refractivity contribution in [3.05, 3.63) is 35.3 Å². The zero-order chi connectivity index (χ0) is 10.7. The fourth-order valence-corrected chi connectivity index (χ4v) is 2.25. The van der Waals surface area contributed by atoms with E-state index in [-0.39, 0.29) is 0 Å². The second-order valence-electron chi connectivity index (χ2n) is 3.28. The molecule has 2 aromatic rings. The molecule has 1 aromatic heterocycles. The van der Waals surface area contributed by atoms with E-state index in [1.54, 1.807) is 11.3 Å². The number of thiazole rings is 1. The summed E-state index contributed by atoms with van der Waals surface area (Å²) in [6.07, 6.45) is 1.91. The first-order chi connectivity index (χ1) is 7.29. The van der Waals surface area contributed by atoms with Crippen molar-refractivity contribution in [2.24, 2.45) is 0 Å². The minimum Gasteiger partial charge on any atom is -0.399 e. The standard InChI is InChI=1S/C11H13N3S/c1-13-6-10-7-14-11(15-10)8-2-4-9(12)5-3-8/h2-5,7,13H,6,12H2,1H3. The van der Waals surface area contributed by atoms with Crippen molar-refractivity contribution < 1.29 is 0 Å². The Morgan fingerprint density at radius 2 is 2.07 bits per heavy atom. The summed E-state index contributed by atoms with van der Waals surface area (Å²) in [7, 11) is 1.93. The number of benzene rings is 1. The van der Waals surface area contributed by atoms with Crippen molar-refractivity contribution in [2.45, 2.75) is 6.54 Å². The highest BCUT2D eigenvalue weighted by molar-refractivity contribution is 7.15. The topological polar surface area (TPSA) is 50.9 Å². The molecular weight excluding hydrogens is 206 g/mol. The van der Waals surface area contributed by atoms with Crippen LogP contribution in [0.3, 0.4) is 0 Å². The molecule has 0 saturated carbocycles. The van der Waals surface area contributed by atoms with Crippen LogP contribution in [0.15, 0.2) is 30.5 Å². The molecule has 78 valence electrons. The van der Waals surface area contributed by atoms with Gasteiger partial charge in [-0.2, -0.15) is 0 Å². The Bertz CT molecular complexity index is 433. The number of nitrogens with one attached hydrogen (secondary N) is 1. The van der Waals surface area contributed by atoms with Gasteiger partial charge in [0.05, 0.1) is 0 Å². The molecule has 0 spiro atoms. The van der Waals surface area contributed by atoms with Gasteiger partial charge in [-0.25, -0.2) is 4.98 Å². The molecule has 0 bridgehead atoms. The van der Waals surface area contributed by atoms with Crippen LogP contribution in [0.25, 0.3) is 10.6 Å². The molecule has 4 heteroatoms. The molecule has 0 unspecified atom stereocenters. The molecule has 0 amide bonds. The van der Waals surface area contributed by atoms with E-state index >= 15 is 0 Å². The maximum atomic E-state index is 5.63. The van der Waals surface area contributed by atoms with Gasteiger partial charge in [-0.15, -0.1) is 11.3 Å². The van der Waals surface area contributed by atoms with Crippen LogP contribution >= 0.6 is 11.3 Å². The lowest BCUT2D eigenvalue weighted by atomic mass is 10.2. The average Bonchev–Trinajstić information content (AvgIpc) is 2.68. The van der Waals surface area contributed by atoms with Gasteiger partial charge < -0.3 is 11.1 Å². The molecule has 0 aliphatic heterocycles. The van der Waals surface area contributed by atoms with Gasteiger partial charge in [-0.05, 0) is 31.3 Å². The zero-order valence-corrected chi connectivity index (χ0v) is 9.34. The van der Waals surface area contributed by atoms with Crippen molar-refractivity contribution in [1.82, 2.24) is 10.3 Å². The predicted molar refractivity (Wildman–Crippen MR) is 64.7 cm³/mol. The third kappa shape index (κ3) is 2.34. The van der Waals surface area contributed by atoms with E-state index in [1.165, 1.54) is 4.88 Å². The van der Waals surface area contributed by atoms with Gasteiger partial charge in [0.1, 0.15) is 5.01 Å². The second kappa shape index (κ2) is 4.42. The third-order valence-electron chi connectivity index (χ3n) is 2.06. The van der Waals surface area contributed by atoms with Crippen LogP contribution in [0.1, 0.15) is 4.88 Å². The largest absolute Gasteiger partial charge is 0.399 e. The number of hydrogen-bond acceptors (Lipinski definition) is 4. The maximum absolute atomic E-state index is 5.63. The number of nitrogens with zero attached hydrogens (tertiary/aromatic N) is 1. The Kier molecular flexibility index (Phi) is 2.99. The first-order valence-corrected chi connectivity index (χ1v) is 5.56. The second-order valence-corrected chi connectivity index (χ2v) is 4.40. The number of rotatable bonds is 3. The predicted octanol–water partition coefficient (Wildman–Crippen LogP) is 2.11. The molecule has 0 aliphatic carbocycles. The average molecular weight is 219 g/mol. The van der Waals surface area contributed by atoms with Crippen LogP contribution in [0.4, 0.5) is 5.69 Å². The fraction of sp³-hybridized carbons (Fsp3) is 0.182. The van der Waals surface area contributed by atoms with Gasteiger partial charge in [0, 0.05) is 28.9 Å². The molecule has 2 rings (SSSR count). The molecule has 0 radical (unpaired) electrons. The summed E-state index contributed by atoms with van der Waals surface area (Å²) in [5.41, 5.74) is 7.54. The van der Waals surface area contributed by atoms with Gasteiger partial charge in [-0.1, -0.05) is 0 Å². The highest BCUT2D eigenvalue weighted by Crippen LogP contribution is 2.25. The van der Waals surface area contributed by atoms with E-state index in [4.69, 9.17) is 5.73 Å². The highest BCUT2D eigenvalue weighted by atomic mass is 32.1. The molecule has 0 fully saturated rings. The van der Waals surface area contributed by atoms with Crippen LogP contribution in [0.2, 0.25) is 0 Å². The summed E-state index contributed by atoms with van der Waals surface area (Å²) in [4.78, 5) is 5.61. The summed E-state index contributed by atoms with van der Waals surface area (Å²) >= 11 is 1.70. The van der Waals surface area contributed by atoms with Crippen molar-refractivity contribution in [1.29, 1.82) is 0 Å². The maximum Gasteiger partial charge on any atom is 0.123 e. The summed E-state index contributed by atoms with van der Waals surface area (Å²) < 4.78 is 0. The van der Waals surface area contributed by atoms with Gasteiger partial charge in [0.25, 0.3) is 0 Å². The number of nitrogens with two attached hydrogens (primary N) is 1. The lowest BCUT2D eigenvalue weighted by molar-refractivity contribution is 0.829. The Hall–Kier alpha value is -1.39. The van der Waals surface area contributed by atoms with Crippen LogP contribution in [0.5, 0.6) is 0 Å². The van der Waals surface area contributed by atoms with Crippen LogP contribution in [0, 0.1) is 0 Å². The minimum atomic E-state index is 0.783. The van der Waals surface area contributed by atoms with E-state index in [2.05, 4.69) is 10.3 Å². The molecule has 0 aliphatic rings. The van der Waals surface area contributed by atoms with Crippen LogP contribution in [-0.2, 0) is 6.54 Å². The van der Waals surface area contributed by atoms with E-state index in [0.717, 1.165) is 22.8 Å². The van der Waals surface area contributed by atoms with Crippen molar-refractivity contribution in [3.8, 4) is 10.6 Å². The van der Waals surface area contributed by atoms with Gasteiger partial charge in [0.2, 0.25) is 0 Å². The normalized spacial score (nSPS) is 10.5. The van der Waals surface area contributed by atoms with Crippen molar-refractivity contribution >= 4 is 17.0 Å². The highest BCUT2D eigenvalue weighted by Gasteiger charge is 2.03. The van der Waals surface area contributed by atoms with E-state index in [9.17, 15) is 0 Å². The molecule has 3 nitrogen and oxygen atoms in total. The first-order valence-electron chi connectivity index (χ1n) is 4.75. The Morgan fingerprint density at radius 3 is 2.73 bits per heavy atom. The van der Waals surface area contributed by atoms with Gasteiger partial charge >= 0.3 is 0 Å². The van der Waals surface area contributed by atoms with Crippen LogP contribution in [-0.4, -0.2) is 12.0 Å². The molecule has 0 atom stereocenters. The Morgan fingerprint density at radius 1 is 1.33 bits per heavy atom. The minimum absolute atomic E-state index is 0.783. The summed E-state index contributed by atoms with van der Waals surface area (Å²) in [5, 5.41) is 4.15. The number of aromatic nitrogens is 1. The quantitative estimate of drug-likeness (QED) is 0.777. The molecule has 0 saturated heterocycles. The molecule has 3 N–H and O–H groups in total. The zero-order valence-electron chi connectivity index (χ0n) is 8.53. The summed E-state index contributed by atoms with van der Waals surface area (Å²) in [6.45, 7) is 0.868. The third-order valence-corrected chi connectivity index (χ3v) is 3.11. The van der Waals surface area contributed by atoms with Crippen molar-refractivity contribution in [2.75, 3.05) is 12.8 Å². The van der Waals surface area contributed by atoms with E-state index < -0.39 is 0 Å². The summed E-state index contributed by atoms with van der Waals surface area (Å²) in [5.74, 6) is 0. The molecule has 1 aromatic carbocycles. The summed E-state index contributed by atoms with van der Waals surface area (Å²) in [6, 6.07) is 7.79. The van der Waals surface area contributed by atoms with Gasteiger partial charge in [0.15, 0.2) is 0 Å².